The maximum atomic E-state index is 15.6. The minimum atomic E-state index is -1.31. The van der Waals surface area contributed by atoms with E-state index < -0.39 is 23.5 Å². The third-order valence-electron chi connectivity index (χ3n) is 8.24. The summed E-state index contributed by atoms with van der Waals surface area (Å²) >= 11 is 0. The van der Waals surface area contributed by atoms with E-state index in [0.717, 1.165) is 23.1 Å². The van der Waals surface area contributed by atoms with E-state index in [0.29, 0.717) is 84.2 Å². The number of nitrogens with zero attached hydrogens (tertiary/aromatic N) is 1. The molecule has 0 aliphatic carbocycles. The SMILES string of the molecule is Cc1cc2c(c(-c3cc(F)c4c(c3C)CCCO4)c1[C@H](OC(C)(C)C)C(=O)O)CCN2C(=O)c1cccc2c1OCCO2. The van der Waals surface area contributed by atoms with Crippen LogP contribution < -0.4 is 19.1 Å². The molecule has 0 bridgehead atoms. The smallest absolute Gasteiger partial charge is 0.337 e. The number of carbonyl (C=O) groups is 2. The number of aryl methyl sites for hydroxylation is 1. The molecule has 0 unspecified atom stereocenters. The van der Waals surface area contributed by atoms with Crippen molar-refractivity contribution in [1.82, 2.24) is 0 Å². The van der Waals surface area contributed by atoms with Gasteiger partial charge in [-0.25, -0.2) is 9.18 Å². The molecule has 0 fully saturated rings. The van der Waals surface area contributed by atoms with Crippen molar-refractivity contribution >= 4 is 17.6 Å². The van der Waals surface area contributed by atoms with E-state index >= 15 is 4.39 Å². The van der Waals surface area contributed by atoms with Crippen LogP contribution in [0.4, 0.5) is 10.1 Å². The topological polar surface area (TPSA) is 94.5 Å². The maximum absolute atomic E-state index is 15.6. The highest BCUT2D eigenvalue weighted by Crippen LogP contribution is 2.48. The number of benzene rings is 3. The van der Waals surface area contributed by atoms with Crippen LogP contribution in [-0.4, -0.2) is 48.9 Å². The van der Waals surface area contributed by atoms with Gasteiger partial charge >= 0.3 is 5.97 Å². The van der Waals surface area contributed by atoms with Crippen molar-refractivity contribution < 1.29 is 38.0 Å². The Morgan fingerprint density at radius 1 is 1.00 bits per heavy atom. The molecule has 226 valence electrons. The third kappa shape index (κ3) is 5.09. The van der Waals surface area contributed by atoms with Gasteiger partial charge in [0.15, 0.2) is 29.2 Å². The first kappa shape index (κ1) is 29.0. The van der Waals surface area contributed by atoms with Gasteiger partial charge in [-0.05, 0) is 106 Å². The molecule has 3 aromatic carbocycles. The van der Waals surface area contributed by atoms with Crippen LogP contribution in [0, 0.1) is 19.7 Å². The van der Waals surface area contributed by atoms with Crippen LogP contribution >= 0.6 is 0 Å². The molecule has 3 aliphatic rings. The van der Waals surface area contributed by atoms with Crippen LogP contribution in [0.2, 0.25) is 0 Å². The lowest BCUT2D eigenvalue weighted by Crippen LogP contribution is -2.30. The zero-order chi connectivity index (χ0) is 30.6. The van der Waals surface area contributed by atoms with Gasteiger partial charge in [0.2, 0.25) is 0 Å². The highest BCUT2D eigenvalue weighted by Gasteiger charge is 2.38. The molecule has 3 aliphatic heterocycles. The number of amides is 1. The second-order valence-electron chi connectivity index (χ2n) is 12.3. The van der Waals surface area contributed by atoms with E-state index in [1.165, 1.54) is 6.07 Å². The summed E-state index contributed by atoms with van der Waals surface area (Å²) in [5.41, 5.74) is 4.94. The summed E-state index contributed by atoms with van der Waals surface area (Å²) in [5.74, 6) is -0.682. The Balaban J connectivity index is 1.57. The largest absolute Gasteiger partial charge is 0.490 e. The lowest BCUT2D eigenvalue weighted by Gasteiger charge is -2.30. The molecule has 0 aromatic heterocycles. The van der Waals surface area contributed by atoms with E-state index in [1.807, 2.05) is 19.9 Å². The number of hydrogen-bond acceptors (Lipinski definition) is 6. The summed E-state index contributed by atoms with van der Waals surface area (Å²) < 4.78 is 39.0. The Kier molecular flexibility index (Phi) is 7.32. The average Bonchev–Trinajstić information content (AvgIpc) is 3.39. The van der Waals surface area contributed by atoms with Crippen molar-refractivity contribution in [1.29, 1.82) is 0 Å². The Bertz CT molecular complexity index is 1640. The second-order valence-corrected chi connectivity index (χ2v) is 12.3. The molecule has 43 heavy (non-hydrogen) atoms. The van der Waals surface area contributed by atoms with Gasteiger partial charge in [0.1, 0.15) is 13.2 Å². The number of rotatable bonds is 5. The van der Waals surface area contributed by atoms with Crippen LogP contribution in [0.5, 0.6) is 17.2 Å². The van der Waals surface area contributed by atoms with E-state index in [2.05, 4.69) is 0 Å². The highest BCUT2D eigenvalue weighted by molar-refractivity contribution is 6.10. The van der Waals surface area contributed by atoms with Gasteiger partial charge in [0.05, 0.1) is 17.8 Å². The van der Waals surface area contributed by atoms with Gasteiger partial charge in [-0.3, -0.25) is 4.79 Å². The van der Waals surface area contributed by atoms with Gasteiger partial charge in [-0.2, -0.15) is 0 Å². The Hall–Kier alpha value is -4.11. The molecule has 0 spiro atoms. The molecule has 0 saturated heterocycles. The van der Waals surface area contributed by atoms with Crippen molar-refractivity contribution in [3.63, 3.8) is 0 Å². The molecule has 8 nitrogen and oxygen atoms in total. The van der Waals surface area contributed by atoms with Gasteiger partial charge in [0, 0.05) is 23.4 Å². The first-order chi connectivity index (χ1) is 20.5. The second kappa shape index (κ2) is 10.9. The lowest BCUT2D eigenvalue weighted by atomic mass is 9.83. The summed E-state index contributed by atoms with van der Waals surface area (Å²) in [4.78, 5) is 28.5. The minimum Gasteiger partial charge on any atom is -0.490 e. The first-order valence-electron chi connectivity index (χ1n) is 14.7. The molecule has 1 amide bonds. The molecular formula is C34H36FNO7. The summed E-state index contributed by atoms with van der Waals surface area (Å²) in [5, 5.41) is 10.4. The Morgan fingerprint density at radius 2 is 1.74 bits per heavy atom. The van der Waals surface area contributed by atoms with Gasteiger partial charge in [-0.15, -0.1) is 0 Å². The van der Waals surface area contributed by atoms with Crippen LogP contribution in [0.15, 0.2) is 30.3 Å². The van der Waals surface area contributed by atoms with Crippen molar-refractivity contribution in [3.05, 3.63) is 69.5 Å². The molecule has 1 N–H and O–H groups in total. The lowest BCUT2D eigenvalue weighted by molar-refractivity contribution is -0.160. The summed E-state index contributed by atoms with van der Waals surface area (Å²) in [6.45, 7) is 10.7. The van der Waals surface area contributed by atoms with E-state index in [4.69, 9.17) is 18.9 Å². The normalized spacial score (nSPS) is 16.3. The number of aliphatic carboxylic acids is 1. The van der Waals surface area contributed by atoms with E-state index in [-0.39, 0.29) is 11.7 Å². The standard InChI is InChI=1S/C34H36FNO7/c1-18-16-25-21(11-12-36(25)32(37)22-8-6-10-26-30(22)42-15-14-40-26)28(27(18)31(33(38)39)43-34(3,4)5)23-17-24(35)29-20(19(23)2)9-7-13-41-29/h6,8,10,16-17,31H,7,9,11-15H2,1-5H3,(H,38,39)/t31-/m0/s1. The maximum Gasteiger partial charge on any atom is 0.337 e. The molecule has 0 saturated carbocycles. The summed E-state index contributed by atoms with van der Waals surface area (Å²) in [6.07, 6.45) is 0.552. The third-order valence-corrected chi connectivity index (χ3v) is 8.24. The first-order valence-corrected chi connectivity index (χ1v) is 14.7. The zero-order valence-electron chi connectivity index (χ0n) is 25.1. The number of para-hydroxylation sites is 1. The zero-order valence-corrected chi connectivity index (χ0v) is 25.1. The van der Waals surface area contributed by atoms with Crippen LogP contribution in [0.25, 0.3) is 11.1 Å². The number of hydrogen-bond donors (Lipinski definition) is 1. The molecule has 6 rings (SSSR count). The molecule has 0 radical (unpaired) electrons. The number of fused-ring (bicyclic) bond motifs is 3. The van der Waals surface area contributed by atoms with Crippen molar-refractivity contribution in [2.24, 2.45) is 0 Å². The quantitative estimate of drug-likeness (QED) is 0.371. The van der Waals surface area contributed by atoms with Gasteiger partial charge in [-0.1, -0.05) is 6.07 Å². The summed E-state index contributed by atoms with van der Waals surface area (Å²) in [7, 11) is 0. The van der Waals surface area contributed by atoms with Gasteiger partial charge < -0.3 is 29.0 Å². The molecule has 3 aromatic rings. The fraction of sp³-hybridized carbons (Fsp3) is 0.412. The number of carbonyl (C=O) groups excluding carboxylic acids is 1. The number of anilines is 1. The highest BCUT2D eigenvalue weighted by atomic mass is 19.1. The van der Waals surface area contributed by atoms with Crippen molar-refractivity contribution in [3.8, 4) is 28.4 Å². The van der Waals surface area contributed by atoms with E-state index in [1.54, 1.807) is 43.9 Å². The van der Waals surface area contributed by atoms with Crippen molar-refractivity contribution in [2.75, 3.05) is 31.3 Å². The summed E-state index contributed by atoms with van der Waals surface area (Å²) in [6, 6.07) is 8.55. The number of carboxylic acids is 1. The Labute approximate surface area is 250 Å². The van der Waals surface area contributed by atoms with Crippen LogP contribution in [0.1, 0.15) is 71.5 Å². The van der Waals surface area contributed by atoms with E-state index in [9.17, 15) is 14.7 Å². The average molecular weight is 590 g/mol. The number of halogens is 1. The monoisotopic (exact) mass is 589 g/mol. The molecular weight excluding hydrogens is 553 g/mol. The molecule has 9 heteroatoms. The Morgan fingerprint density at radius 3 is 2.49 bits per heavy atom. The number of carboxylic acid groups (broad SMARTS) is 1. The molecule has 1 atom stereocenters. The van der Waals surface area contributed by atoms with Gasteiger partial charge in [0.25, 0.3) is 5.91 Å². The van der Waals surface area contributed by atoms with Crippen LogP contribution in [0.3, 0.4) is 0 Å². The molecule has 3 heterocycles. The number of ether oxygens (including phenoxy) is 4. The minimum absolute atomic E-state index is 0.248. The van der Waals surface area contributed by atoms with Crippen molar-refractivity contribution in [2.45, 2.75) is 65.6 Å². The predicted octanol–water partition coefficient (Wildman–Crippen LogP) is 6.35. The fourth-order valence-electron chi connectivity index (χ4n) is 6.44. The predicted molar refractivity (Wildman–Crippen MR) is 159 cm³/mol. The van der Waals surface area contributed by atoms with Crippen LogP contribution in [-0.2, 0) is 22.4 Å². The fourth-order valence-corrected chi connectivity index (χ4v) is 6.44.